The van der Waals surface area contributed by atoms with Gasteiger partial charge in [-0.1, -0.05) is 32.0 Å². The molecule has 0 saturated carbocycles. The second kappa shape index (κ2) is 14.5. The fraction of sp³-hybridized carbons (Fsp3) is 0.480. The number of hydrogen-bond acceptors (Lipinski definition) is 5. The topological polar surface area (TPSA) is 149 Å². The zero-order valence-corrected chi connectivity index (χ0v) is 20.7. The number of carboxylic acid groups (broad SMARTS) is 1. The number of likely N-dealkylation sites (tertiary alicyclic amines) is 1. The number of aliphatic carboxylic acids is 1. The molecule has 10 heteroatoms. The molecule has 2 heterocycles. The molecular formula is C25H36N4O6. The van der Waals surface area contributed by atoms with Crippen molar-refractivity contribution in [3.63, 3.8) is 0 Å². The Morgan fingerprint density at radius 2 is 1.83 bits per heavy atom. The summed E-state index contributed by atoms with van der Waals surface area (Å²) >= 11 is 0. The number of carboxylic acids is 1. The summed E-state index contributed by atoms with van der Waals surface area (Å²) in [4.78, 5) is 57.3. The first-order valence-electron chi connectivity index (χ1n) is 11.5. The molecule has 0 bridgehead atoms. The number of nitrogens with one attached hydrogen (secondary N) is 3. The second-order valence-electron chi connectivity index (χ2n) is 8.79. The first-order valence-corrected chi connectivity index (χ1v) is 11.5. The van der Waals surface area contributed by atoms with E-state index in [0.717, 1.165) is 17.3 Å². The number of carbonyl (C=O) groups is 5. The third-order valence-electron chi connectivity index (χ3n) is 5.74. The Morgan fingerprint density at radius 1 is 1.17 bits per heavy atom. The monoisotopic (exact) mass is 488 g/mol. The third kappa shape index (κ3) is 9.23. The molecule has 0 radical (unpaired) electrons. The molecule has 3 amide bonds. The van der Waals surface area contributed by atoms with E-state index in [0.29, 0.717) is 31.0 Å². The van der Waals surface area contributed by atoms with Gasteiger partial charge >= 0.3 is 5.97 Å². The Morgan fingerprint density at radius 3 is 2.40 bits per heavy atom. The molecule has 35 heavy (non-hydrogen) atoms. The molecule has 1 saturated heterocycles. The van der Waals surface area contributed by atoms with Gasteiger partial charge in [-0.05, 0) is 44.7 Å². The lowest BCUT2D eigenvalue weighted by Crippen LogP contribution is -2.46. The number of rotatable bonds is 8. The minimum absolute atomic E-state index is 0.0394. The molecule has 3 rings (SSSR count). The van der Waals surface area contributed by atoms with Crippen LogP contribution in [0.4, 0.5) is 0 Å². The van der Waals surface area contributed by atoms with E-state index in [2.05, 4.69) is 29.5 Å². The average Bonchev–Trinajstić information content (AvgIpc) is 3.47. The van der Waals surface area contributed by atoms with Gasteiger partial charge in [-0.15, -0.1) is 0 Å². The summed E-state index contributed by atoms with van der Waals surface area (Å²) in [6.45, 7) is 10.4. The van der Waals surface area contributed by atoms with Gasteiger partial charge in [0.15, 0.2) is 0 Å². The van der Waals surface area contributed by atoms with Gasteiger partial charge in [-0.3, -0.25) is 19.2 Å². The van der Waals surface area contributed by atoms with Crippen molar-refractivity contribution in [3.05, 3.63) is 36.0 Å². The number of nitrogens with zero attached hydrogens (tertiary/aromatic N) is 1. The highest BCUT2D eigenvalue weighted by Crippen LogP contribution is 2.16. The number of hydrogen-bond donors (Lipinski definition) is 4. The van der Waals surface area contributed by atoms with E-state index >= 15 is 0 Å². The van der Waals surface area contributed by atoms with Crippen LogP contribution in [0.1, 0.15) is 57.4 Å². The van der Waals surface area contributed by atoms with Gasteiger partial charge in [0.2, 0.25) is 12.3 Å². The normalized spacial score (nSPS) is 16.3. The Hall–Kier alpha value is -3.69. The lowest BCUT2D eigenvalue weighted by Gasteiger charge is -2.21. The summed E-state index contributed by atoms with van der Waals surface area (Å²) < 4.78 is 0. The maximum Gasteiger partial charge on any atom is 0.305 e. The molecule has 4 N–H and O–H groups in total. The molecule has 192 valence electrons. The molecule has 0 aliphatic carbocycles. The number of aromatic amines is 1. The van der Waals surface area contributed by atoms with Gasteiger partial charge in [-0.25, -0.2) is 0 Å². The summed E-state index contributed by atoms with van der Waals surface area (Å²) in [5, 5.41) is 15.2. The van der Waals surface area contributed by atoms with E-state index in [1.54, 1.807) is 6.92 Å². The molecular weight excluding hydrogens is 452 g/mol. The number of para-hydroxylation sites is 1. The van der Waals surface area contributed by atoms with E-state index in [9.17, 15) is 19.2 Å². The number of amides is 3. The van der Waals surface area contributed by atoms with E-state index in [1.807, 2.05) is 44.0 Å². The fourth-order valence-corrected chi connectivity index (χ4v) is 3.50. The second-order valence-corrected chi connectivity index (χ2v) is 8.79. The van der Waals surface area contributed by atoms with Crippen LogP contribution in [0, 0.1) is 5.92 Å². The maximum atomic E-state index is 12.0. The minimum atomic E-state index is -0.952. The van der Waals surface area contributed by atoms with E-state index in [4.69, 9.17) is 9.90 Å². The number of carbonyl (C=O) groups excluding carboxylic acids is 4. The van der Waals surface area contributed by atoms with Crippen LogP contribution < -0.4 is 10.6 Å². The van der Waals surface area contributed by atoms with Crippen LogP contribution in [0.25, 0.3) is 10.9 Å². The zero-order valence-electron chi connectivity index (χ0n) is 20.7. The van der Waals surface area contributed by atoms with Crippen LogP contribution >= 0.6 is 0 Å². The summed E-state index contributed by atoms with van der Waals surface area (Å²) in [5.41, 5.74) is 1.62. The summed E-state index contributed by atoms with van der Waals surface area (Å²) in [6, 6.07) is 9.09. The lowest BCUT2D eigenvalue weighted by molar-refractivity contribution is -0.138. The van der Waals surface area contributed by atoms with Crippen LogP contribution in [0.3, 0.4) is 0 Å². The Labute approximate surface area is 205 Å². The smallest absolute Gasteiger partial charge is 0.305 e. The Balaban J connectivity index is 0.000000328. The molecule has 10 nitrogen and oxygen atoms in total. The van der Waals surface area contributed by atoms with Gasteiger partial charge in [0, 0.05) is 29.5 Å². The van der Waals surface area contributed by atoms with Crippen LogP contribution in [-0.2, 0) is 19.2 Å². The van der Waals surface area contributed by atoms with E-state index in [-0.39, 0.29) is 24.3 Å². The predicted octanol–water partition coefficient (Wildman–Crippen LogP) is 2.34. The van der Waals surface area contributed by atoms with Crippen molar-refractivity contribution in [2.24, 2.45) is 5.92 Å². The quantitative estimate of drug-likeness (QED) is 0.419. The number of aromatic nitrogens is 1. The molecule has 1 aliphatic heterocycles. The van der Waals surface area contributed by atoms with Crippen molar-refractivity contribution in [1.82, 2.24) is 20.5 Å². The van der Waals surface area contributed by atoms with Crippen molar-refractivity contribution in [2.45, 2.75) is 65.1 Å². The Kier molecular flexibility index (Phi) is 12.2. The van der Waals surface area contributed by atoms with Crippen molar-refractivity contribution in [1.29, 1.82) is 0 Å². The molecule has 1 fully saturated rings. The fourth-order valence-electron chi connectivity index (χ4n) is 3.50. The Bertz CT molecular complexity index is 956. The standard InChI is InChI=1S/C14H18N2O.C10H16N2O4.CH2O/c1-9(2)10(3)15-14(17)13-8-11-6-4-5-7-12(11)16-13;1-7(5-9(14)15)11-10(16)8-3-2-4-12(8)6-13;1-2/h4-10,16H,1-3H3,(H,15,17);6-8H,2-5H2,1H3,(H,11,16)(H,14,15);1H2. The van der Waals surface area contributed by atoms with Crippen molar-refractivity contribution >= 4 is 41.9 Å². The first-order chi connectivity index (χ1) is 16.6. The van der Waals surface area contributed by atoms with Crippen LogP contribution in [0.5, 0.6) is 0 Å². The van der Waals surface area contributed by atoms with Crippen molar-refractivity contribution in [2.75, 3.05) is 6.54 Å². The summed E-state index contributed by atoms with van der Waals surface area (Å²) in [6.07, 6.45) is 2.01. The molecule has 0 spiro atoms. The van der Waals surface area contributed by atoms with Gasteiger partial charge in [0.25, 0.3) is 5.91 Å². The summed E-state index contributed by atoms with van der Waals surface area (Å²) in [7, 11) is 0. The van der Waals surface area contributed by atoms with Crippen LogP contribution in [0.15, 0.2) is 30.3 Å². The van der Waals surface area contributed by atoms with Gasteiger partial charge in [0.05, 0.1) is 6.42 Å². The average molecular weight is 489 g/mol. The number of fused-ring (bicyclic) bond motifs is 1. The maximum absolute atomic E-state index is 12.0. The van der Waals surface area contributed by atoms with E-state index in [1.165, 1.54) is 4.90 Å². The number of H-pyrrole nitrogens is 1. The van der Waals surface area contributed by atoms with Gasteiger partial charge < -0.3 is 30.4 Å². The van der Waals surface area contributed by atoms with Gasteiger partial charge in [0.1, 0.15) is 18.5 Å². The van der Waals surface area contributed by atoms with Gasteiger partial charge in [-0.2, -0.15) is 0 Å². The highest BCUT2D eigenvalue weighted by molar-refractivity contribution is 5.98. The third-order valence-corrected chi connectivity index (χ3v) is 5.74. The minimum Gasteiger partial charge on any atom is -0.481 e. The lowest BCUT2D eigenvalue weighted by atomic mass is 10.1. The summed E-state index contributed by atoms with van der Waals surface area (Å²) in [5.74, 6) is -0.824. The highest BCUT2D eigenvalue weighted by atomic mass is 16.4. The highest BCUT2D eigenvalue weighted by Gasteiger charge is 2.30. The SMILES string of the molecule is C=O.CC(C)C(C)NC(=O)c1cc2ccccc2[nH]1.CC(CC(=O)O)NC(=O)C1CCCN1C=O. The zero-order chi connectivity index (χ0) is 26.5. The predicted molar refractivity (Wildman–Crippen MR) is 133 cm³/mol. The molecule has 2 aromatic rings. The molecule has 1 aromatic heterocycles. The van der Waals surface area contributed by atoms with Crippen molar-refractivity contribution < 1.29 is 29.1 Å². The first kappa shape index (κ1) is 29.3. The van der Waals surface area contributed by atoms with Crippen LogP contribution in [0.2, 0.25) is 0 Å². The molecule has 1 aromatic carbocycles. The van der Waals surface area contributed by atoms with E-state index < -0.39 is 18.1 Å². The molecule has 3 atom stereocenters. The van der Waals surface area contributed by atoms with Crippen molar-refractivity contribution in [3.8, 4) is 0 Å². The largest absolute Gasteiger partial charge is 0.481 e. The number of benzene rings is 1. The molecule has 1 aliphatic rings. The van der Waals surface area contributed by atoms with Crippen LogP contribution in [-0.4, -0.2) is 70.6 Å². The molecule has 3 unspecified atom stereocenters.